The quantitative estimate of drug-likeness (QED) is 0.336. The number of unbranched alkanes of at least 4 members (excludes halogenated alkanes) is 1. The molecule has 1 aliphatic heterocycles. The van der Waals surface area contributed by atoms with Crippen LogP contribution in [0.2, 0.25) is 5.02 Å². The number of carbonyl (C=O) groups is 1. The van der Waals surface area contributed by atoms with E-state index in [1.807, 2.05) is 48.5 Å². The lowest BCUT2D eigenvalue weighted by atomic mass is 9.79. The van der Waals surface area contributed by atoms with Crippen molar-refractivity contribution in [2.45, 2.75) is 56.0 Å². The lowest BCUT2D eigenvalue weighted by molar-refractivity contribution is -0.167. The minimum Gasteiger partial charge on any atom is -0.391 e. The second kappa shape index (κ2) is 12.5. The smallest absolute Gasteiger partial charge is 0.226 e. The highest BCUT2D eigenvalue weighted by molar-refractivity contribution is 6.33. The third-order valence-electron chi connectivity index (χ3n) is 8.35. The minimum absolute atomic E-state index is 0.0490. The fourth-order valence-corrected chi connectivity index (χ4v) is 6.43. The number of para-hydroxylation sites is 1. The molecule has 214 valence electrons. The number of rotatable bonds is 9. The molecular weight excluding hydrogens is 530 g/mol. The Labute approximate surface area is 240 Å². The molecule has 0 bridgehead atoms. The number of ether oxygens (including phenoxy) is 2. The van der Waals surface area contributed by atoms with Crippen molar-refractivity contribution in [1.29, 1.82) is 0 Å². The van der Waals surface area contributed by atoms with Crippen LogP contribution in [0.15, 0.2) is 54.7 Å². The monoisotopic (exact) mass is 567 g/mol. The number of fused-ring (bicyclic) bond motifs is 1. The zero-order valence-electron chi connectivity index (χ0n) is 22.8. The Hall–Kier alpha value is -2.59. The SMILES string of the molecule is COCCCC[C@](O)(c1cccc(Cl)c1-c1cnc2ccccc2c1)C1CN(C(=O)[C@H]2C[C@@H](N)[C@@H](O)C2)CCO1. The number of hydrogen-bond donors (Lipinski definition) is 3. The molecule has 3 aromatic rings. The average Bonchev–Trinajstić information content (AvgIpc) is 3.32. The van der Waals surface area contributed by atoms with Crippen molar-refractivity contribution >= 4 is 28.4 Å². The maximum atomic E-state index is 13.4. The summed E-state index contributed by atoms with van der Waals surface area (Å²) in [6.07, 6.45) is 3.08. The van der Waals surface area contributed by atoms with E-state index in [9.17, 15) is 15.0 Å². The number of aliphatic hydroxyl groups is 2. The molecule has 5 atom stereocenters. The fourth-order valence-electron chi connectivity index (χ4n) is 6.14. The molecule has 0 spiro atoms. The lowest BCUT2D eigenvalue weighted by Crippen LogP contribution is -2.55. The van der Waals surface area contributed by atoms with Crippen LogP contribution in [0.4, 0.5) is 0 Å². The number of hydrogen-bond acceptors (Lipinski definition) is 7. The largest absolute Gasteiger partial charge is 0.391 e. The van der Waals surface area contributed by atoms with Crippen LogP contribution in [0, 0.1) is 5.92 Å². The van der Waals surface area contributed by atoms with Gasteiger partial charge in [0, 0.05) is 60.0 Å². The second-order valence-electron chi connectivity index (χ2n) is 11.0. The number of aromatic nitrogens is 1. The summed E-state index contributed by atoms with van der Waals surface area (Å²) in [5.41, 5.74) is 7.57. The van der Waals surface area contributed by atoms with Crippen LogP contribution < -0.4 is 5.73 Å². The van der Waals surface area contributed by atoms with E-state index in [0.717, 1.165) is 22.9 Å². The highest BCUT2D eigenvalue weighted by Gasteiger charge is 2.45. The van der Waals surface area contributed by atoms with Crippen molar-refractivity contribution in [3.8, 4) is 11.1 Å². The Morgan fingerprint density at radius 3 is 2.83 bits per heavy atom. The van der Waals surface area contributed by atoms with Crippen LogP contribution in [0.25, 0.3) is 22.0 Å². The van der Waals surface area contributed by atoms with Crippen LogP contribution in [0.1, 0.15) is 37.7 Å². The zero-order chi connectivity index (χ0) is 28.3. The molecule has 0 radical (unpaired) electrons. The zero-order valence-corrected chi connectivity index (χ0v) is 23.6. The Morgan fingerprint density at radius 1 is 1.23 bits per heavy atom. The summed E-state index contributed by atoms with van der Waals surface area (Å²) in [4.78, 5) is 19.8. The Morgan fingerprint density at radius 2 is 2.05 bits per heavy atom. The van der Waals surface area contributed by atoms with Gasteiger partial charge in [-0.25, -0.2) is 0 Å². The van der Waals surface area contributed by atoms with E-state index in [1.165, 1.54) is 0 Å². The van der Waals surface area contributed by atoms with Gasteiger partial charge in [-0.2, -0.15) is 0 Å². The highest BCUT2D eigenvalue weighted by Crippen LogP contribution is 2.43. The molecule has 2 aromatic carbocycles. The predicted octanol–water partition coefficient (Wildman–Crippen LogP) is 3.89. The molecule has 1 aliphatic carbocycles. The molecule has 1 unspecified atom stereocenters. The second-order valence-corrected chi connectivity index (χ2v) is 11.4. The Bertz CT molecular complexity index is 1330. The molecule has 9 heteroatoms. The number of amides is 1. The van der Waals surface area contributed by atoms with Gasteiger partial charge in [-0.15, -0.1) is 0 Å². The van der Waals surface area contributed by atoms with Crippen LogP contribution in [0.5, 0.6) is 0 Å². The van der Waals surface area contributed by atoms with Crippen LogP contribution in [0.3, 0.4) is 0 Å². The number of morpholine rings is 1. The third kappa shape index (κ3) is 5.88. The normalized spacial score (nSPS) is 24.8. The van der Waals surface area contributed by atoms with Gasteiger partial charge in [0.05, 0.1) is 24.8 Å². The first kappa shape index (κ1) is 28.9. The average molecular weight is 568 g/mol. The van der Waals surface area contributed by atoms with Gasteiger partial charge in [-0.1, -0.05) is 41.9 Å². The molecule has 2 fully saturated rings. The minimum atomic E-state index is -1.44. The van der Waals surface area contributed by atoms with E-state index in [4.69, 9.17) is 26.8 Å². The van der Waals surface area contributed by atoms with Crippen molar-refractivity contribution in [2.75, 3.05) is 33.4 Å². The van der Waals surface area contributed by atoms with E-state index in [-0.39, 0.29) is 18.4 Å². The summed E-state index contributed by atoms with van der Waals surface area (Å²) in [6, 6.07) is 15.0. The van der Waals surface area contributed by atoms with Crippen LogP contribution in [-0.4, -0.2) is 77.7 Å². The van der Waals surface area contributed by atoms with Crippen molar-refractivity contribution in [2.24, 2.45) is 11.7 Å². The molecule has 40 heavy (non-hydrogen) atoms. The van der Waals surface area contributed by atoms with Gasteiger partial charge < -0.3 is 30.3 Å². The number of aliphatic hydroxyl groups excluding tert-OH is 1. The Balaban J connectivity index is 1.51. The summed E-state index contributed by atoms with van der Waals surface area (Å²) in [5, 5.41) is 24.2. The van der Waals surface area contributed by atoms with Gasteiger partial charge in [0.25, 0.3) is 0 Å². The van der Waals surface area contributed by atoms with E-state index < -0.39 is 23.9 Å². The lowest BCUT2D eigenvalue weighted by Gasteiger charge is -2.44. The van der Waals surface area contributed by atoms with Crippen LogP contribution >= 0.6 is 11.6 Å². The van der Waals surface area contributed by atoms with E-state index in [1.54, 1.807) is 18.2 Å². The molecule has 4 N–H and O–H groups in total. The molecule has 2 aliphatic rings. The first-order valence-electron chi connectivity index (χ1n) is 14.0. The van der Waals surface area contributed by atoms with Crippen molar-refractivity contribution < 1.29 is 24.5 Å². The third-order valence-corrected chi connectivity index (χ3v) is 8.67. The summed E-state index contributed by atoms with van der Waals surface area (Å²) in [7, 11) is 1.66. The number of nitrogens with two attached hydrogens (primary N) is 1. The molecule has 1 saturated carbocycles. The Kier molecular flexibility index (Phi) is 9.05. The maximum Gasteiger partial charge on any atom is 0.226 e. The van der Waals surface area contributed by atoms with Gasteiger partial charge in [-0.3, -0.25) is 9.78 Å². The standard InChI is InChI=1S/C31H38ClN3O5/c1-39-13-5-4-11-31(38,28-19-35(12-14-40-28)30(37)21-16-25(33)27(36)17-21)23-8-6-9-24(32)29(23)22-15-20-7-2-3-10-26(20)34-18-22/h2-3,6-10,15,18,21,25,27-28,36,38H,4-5,11-14,16-17,19,33H2,1H3/t21-,25+,27-,28?,31-/m0/s1. The molecule has 1 aromatic heterocycles. The number of carbonyl (C=O) groups excluding carboxylic acids is 1. The van der Waals surface area contributed by atoms with Crippen LogP contribution in [-0.2, 0) is 19.9 Å². The van der Waals surface area contributed by atoms with Gasteiger partial charge in [0.15, 0.2) is 0 Å². The number of benzene rings is 2. The molecule has 5 rings (SSSR count). The predicted molar refractivity (Wildman–Crippen MR) is 155 cm³/mol. The van der Waals surface area contributed by atoms with Crippen molar-refractivity contribution in [3.05, 3.63) is 65.3 Å². The van der Waals surface area contributed by atoms with E-state index in [0.29, 0.717) is 61.6 Å². The van der Waals surface area contributed by atoms with E-state index in [2.05, 4.69) is 4.98 Å². The van der Waals surface area contributed by atoms with Crippen molar-refractivity contribution in [1.82, 2.24) is 9.88 Å². The van der Waals surface area contributed by atoms with Gasteiger partial charge in [0.2, 0.25) is 5.91 Å². The number of halogens is 1. The summed E-state index contributed by atoms with van der Waals surface area (Å²) in [5.74, 6) is -0.379. The molecule has 1 amide bonds. The highest BCUT2D eigenvalue weighted by atomic mass is 35.5. The van der Waals surface area contributed by atoms with Crippen molar-refractivity contribution in [3.63, 3.8) is 0 Å². The first-order chi connectivity index (χ1) is 19.3. The number of pyridine rings is 1. The molecule has 2 heterocycles. The number of methoxy groups -OCH3 is 1. The summed E-state index contributed by atoms with van der Waals surface area (Å²) in [6.45, 7) is 1.52. The van der Waals surface area contributed by atoms with Gasteiger partial charge >= 0.3 is 0 Å². The number of nitrogens with zero attached hydrogens (tertiary/aromatic N) is 2. The molecular formula is C31H38ClN3O5. The van der Waals surface area contributed by atoms with Gasteiger partial charge in [0.1, 0.15) is 11.7 Å². The first-order valence-corrected chi connectivity index (χ1v) is 14.4. The maximum absolute atomic E-state index is 13.4. The summed E-state index contributed by atoms with van der Waals surface area (Å²) >= 11 is 6.84. The topological polar surface area (TPSA) is 118 Å². The summed E-state index contributed by atoms with van der Waals surface area (Å²) < 4.78 is 11.5. The fraction of sp³-hybridized carbons (Fsp3) is 0.484. The van der Waals surface area contributed by atoms with Gasteiger partial charge in [-0.05, 0) is 55.9 Å². The van der Waals surface area contributed by atoms with E-state index >= 15 is 0 Å². The molecule has 1 saturated heterocycles. The molecule has 8 nitrogen and oxygen atoms in total.